The topological polar surface area (TPSA) is 50.1 Å². The quantitative estimate of drug-likeness (QED) is 0.913. The lowest BCUT2D eigenvalue weighted by Gasteiger charge is -2.28. The van der Waals surface area contributed by atoms with Gasteiger partial charge in [0, 0.05) is 23.5 Å². The van der Waals surface area contributed by atoms with Gasteiger partial charge >= 0.3 is 0 Å². The van der Waals surface area contributed by atoms with Crippen LogP contribution in [0.15, 0.2) is 36.7 Å². The lowest BCUT2D eigenvalue weighted by Crippen LogP contribution is -2.28. The molecule has 0 spiro atoms. The number of aliphatic hydroxyl groups is 1. The molecule has 3 rings (SSSR count). The normalized spacial score (nSPS) is 22.7. The molecule has 1 heterocycles. The van der Waals surface area contributed by atoms with E-state index in [2.05, 4.69) is 10.4 Å². The summed E-state index contributed by atoms with van der Waals surface area (Å²) in [4.78, 5) is 0. The Hall–Kier alpha value is -1.52. The van der Waals surface area contributed by atoms with E-state index in [1.54, 1.807) is 6.20 Å². The standard InChI is InChI=1S/C15H18ClN3O/c16-11-2-7-15(19-9-1-8-17-19)14(10-11)18-12-3-5-13(20)6-4-12/h1-2,7-10,12-13,18,20H,3-6H2. The van der Waals surface area contributed by atoms with E-state index in [-0.39, 0.29) is 6.10 Å². The average Bonchev–Trinajstić information content (AvgIpc) is 2.95. The number of nitrogens with zero attached hydrogens (tertiary/aromatic N) is 2. The third-order valence-corrected chi connectivity index (χ3v) is 4.00. The van der Waals surface area contributed by atoms with E-state index in [9.17, 15) is 5.11 Å². The first-order chi connectivity index (χ1) is 9.72. The van der Waals surface area contributed by atoms with Gasteiger partial charge in [-0.1, -0.05) is 11.6 Å². The zero-order chi connectivity index (χ0) is 13.9. The van der Waals surface area contributed by atoms with Gasteiger partial charge in [0.25, 0.3) is 0 Å². The molecule has 0 aliphatic heterocycles. The van der Waals surface area contributed by atoms with Gasteiger partial charge < -0.3 is 10.4 Å². The third kappa shape index (κ3) is 2.97. The molecular formula is C15H18ClN3O. The number of aromatic nitrogens is 2. The molecule has 1 saturated carbocycles. The van der Waals surface area contributed by atoms with Gasteiger partial charge in [-0.3, -0.25) is 0 Å². The molecule has 20 heavy (non-hydrogen) atoms. The number of benzene rings is 1. The number of rotatable bonds is 3. The maximum atomic E-state index is 9.58. The van der Waals surface area contributed by atoms with Crippen molar-refractivity contribution in [2.45, 2.75) is 37.8 Å². The Morgan fingerprint density at radius 2 is 2.05 bits per heavy atom. The van der Waals surface area contributed by atoms with E-state index < -0.39 is 0 Å². The maximum absolute atomic E-state index is 9.58. The summed E-state index contributed by atoms with van der Waals surface area (Å²) in [5, 5.41) is 18.1. The van der Waals surface area contributed by atoms with Crippen LogP contribution in [0.3, 0.4) is 0 Å². The van der Waals surface area contributed by atoms with Gasteiger partial charge in [0.05, 0.1) is 17.5 Å². The summed E-state index contributed by atoms with van der Waals surface area (Å²) in [5.41, 5.74) is 1.98. The van der Waals surface area contributed by atoms with Gasteiger partial charge in [0.2, 0.25) is 0 Å². The monoisotopic (exact) mass is 291 g/mol. The second-order valence-corrected chi connectivity index (χ2v) is 5.70. The molecule has 2 aromatic rings. The van der Waals surface area contributed by atoms with Crippen LogP contribution in [-0.4, -0.2) is 27.0 Å². The van der Waals surface area contributed by atoms with Crippen molar-refractivity contribution in [1.82, 2.24) is 9.78 Å². The fraction of sp³-hybridized carbons (Fsp3) is 0.400. The number of anilines is 1. The first kappa shape index (κ1) is 13.5. The first-order valence-corrected chi connectivity index (χ1v) is 7.34. The number of hydrogen-bond acceptors (Lipinski definition) is 3. The van der Waals surface area contributed by atoms with Gasteiger partial charge in [-0.2, -0.15) is 5.10 Å². The minimum absolute atomic E-state index is 0.141. The van der Waals surface area contributed by atoms with Gasteiger partial charge in [-0.15, -0.1) is 0 Å². The number of halogens is 1. The van der Waals surface area contributed by atoms with Gasteiger partial charge in [0.1, 0.15) is 0 Å². The van der Waals surface area contributed by atoms with Crippen LogP contribution < -0.4 is 5.32 Å². The molecule has 1 aromatic heterocycles. The maximum Gasteiger partial charge on any atom is 0.0877 e. The number of hydrogen-bond donors (Lipinski definition) is 2. The second kappa shape index (κ2) is 5.85. The Bertz CT molecular complexity index is 563. The molecule has 1 fully saturated rings. The predicted octanol–water partition coefficient (Wildman–Crippen LogP) is 3.24. The highest BCUT2D eigenvalue weighted by atomic mass is 35.5. The third-order valence-electron chi connectivity index (χ3n) is 3.77. The van der Waals surface area contributed by atoms with E-state index in [0.29, 0.717) is 11.1 Å². The summed E-state index contributed by atoms with van der Waals surface area (Å²) in [5.74, 6) is 0. The fourth-order valence-electron chi connectivity index (χ4n) is 2.68. The summed E-state index contributed by atoms with van der Waals surface area (Å²) in [7, 11) is 0. The Labute approximate surface area is 123 Å². The van der Waals surface area contributed by atoms with Crippen molar-refractivity contribution in [2.75, 3.05) is 5.32 Å². The molecule has 1 aliphatic carbocycles. The van der Waals surface area contributed by atoms with Crippen LogP contribution in [0.4, 0.5) is 5.69 Å². The van der Waals surface area contributed by atoms with Crippen molar-refractivity contribution in [3.63, 3.8) is 0 Å². The second-order valence-electron chi connectivity index (χ2n) is 5.26. The summed E-state index contributed by atoms with van der Waals surface area (Å²) < 4.78 is 1.83. The summed E-state index contributed by atoms with van der Waals surface area (Å²) >= 11 is 6.11. The Morgan fingerprint density at radius 3 is 2.75 bits per heavy atom. The van der Waals surface area contributed by atoms with Crippen LogP contribution in [0, 0.1) is 0 Å². The van der Waals surface area contributed by atoms with E-state index in [4.69, 9.17) is 11.6 Å². The minimum atomic E-state index is -0.141. The SMILES string of the molecule is OC1CCC(Nc2cc(Cl)ccc2-n2cccn2)CC1. The summed E-state index contributed by atoms with van der Waals surface area (Å²) in [6.07, 6.45) is 7.20. The molecular weight excluding hydrogens is 274 g/mol. The highest BCUT2D eigenvalue weighted by molar-refractivity contribution is 6.31. The van der Waals surface area contributed by atoms with Crippen molar-refractivity contribution in [2.24, 2.45) is 0 Å². The lowest BCUT2D eigenvalue weighted by atomic mass is 9.93. The zero-order valence-corrected chi connectivity index (χ0v) is 11.9. The van der Waals surface area contributed by atoms with Crippen molar-refractivity contribution in [1.29, 1.82) is 0 Å². The molecule has 1 aromatic carbocycles. The molecule has 0 bridgehead atoms. The van der Waals surface area contributed by atoms with Crippen LogP contribution in [0.1, 0.15) is 25.7 Å². The minimum Gasteiger partial charge on any atom is -0.393 e. The highest BCUT2D eigenvalue weighted by Gasteiger charge is 2.20. The largest absolute Gasteiger partial charge is 0.393 e. The highest BCUT2D eigenvalue weighted by Crippen LogP contribution is 2.28. The average molecular weight is 292 g/mol. The molecule has 0 unspecified atom stereocenters. The van der Waals surface area contributed by atoms with Crippen molar-refractivity contribution < 1.29 is 5.11 Å². The van der Waals surface area contributed by atoms with Crippen molar-refractivity contribution in [3.8, 4) is 5.69 Å². The molecule has 5 heteroatoms. The van der Waals surface area contributed by atoms with Gasteiger partial charge in [-0.05, 0) is 49.9 Å². The summed E-state index contributed by atoms with van der Waals surface area (Å²) in [6.45, 7) is 0. The predicted molar refractivity (Wildman–Crippen MR) is 80.5 cm³/mol. The van der Waals surface area contributed by atoms with E-state index >= 15 is 0 Å². The molecule has 0 atom stereocenters. The van der Waals surface area contributed by atoms with Crippen LogP contribution in [0.2, 0.25) is 5.02 Å². The van der Waals surface area contributed by atoms with E-state index in [0.717, 1.165) is 37.1 Å². The molecule has 106 valence electrons. The number of aliphatic hydroxyl groups excluding tert-OH is 1. The number of nitrogens with one attached hydrogen (secondary N) is 1. The van der Waals surface area contributed by atoms with Crippen molar-refractivity contribution >= 4 is 17.3 Å². The molecule has 0 amide bonds. The fourth-order valence-corrected chi connectivity index (χ4v) is 2.85. The van der Waals surface area contributed by atoms with Crippen LogP contribution >= 0.6 is 11.6 Å². The Morgan fingerprint density at radius 1 is 1.25 bits per heavy atom. The van der Waals surface area contributed by atoms with Crippen LogP contribution in [0.25, 0.3) is 5.69 Å². The van der Waals surface area contributed by atoms with Gasteiger partial charge in [-0.25, -0.2) is 4.68 Å². The molecule has 1 aliphatic rings. The lowest BCUT2D eigenvalue weighted by molar-refractivity contribution is 0.126. The zero-order valence-electron chi connectivity index (χ0n) is 11.2. The molecule has 4 nitrogen and oxygen atoms in total. The van der Waals surface area contributed by atoms with Gasteiger partial charge in [0.15, 0.2) is 0 Å². The van der Waals surface area contributed by atoms with Crippen LogP contribution in [-0.2, 0) is 0 Å². The Balaban J connectivity index is 1.83. The van der Waals surface area contributed by atoms with Crippen molar-refractivity contribution in [3.05, 3.63) is 41.7 Å². The molecule has 0 radical (unpaired) electrons. The van der Waals surface area contributed by atoms with E-state index in [1.165, 1.54) is 0 Å². The van der Waals surface area contributed by atoms with E-state index in [1.807, 2.05) is 35.1 Å². The van der Waals surface area contributed by atoms with Crippen LogP contribution in [0.5, 0.6) is 0 Å². The molecule has 2 N–H and O–H groups in total. The Kier molecular flexibility index (Phi) is 3.94. The smallest absolute Gasteiger partial charge is 0.0877 e. The first-order valence-electron chi connectivity index (χ1n) is 6.96. The summed E-state index contributed by atoms with van der Waals surface area (Å²) in [6, 6.07) is 8.05. The molecule has 0 saturated heterocycles.